The molecule has 0 aromatic heterocycles. The van der Waals surface area contributed by atoms with Crippen molar-refractivity contribution in [3.8, 4) is 5.40 Å². The highest BCUT2D eigenvalue weighted by molar-refractivity contribution is 8.03. The van der Waals surface area contributed by atoms with Gasteiger partial charge in [0.2, 0.25) is 0 Å². The van der Waals surface area contributed by atoms with Crippen molar-refractivity contribution in [2.45, 2.75) is 77.7 Å². The van der Waals surface area contributed by atoms with Crippen molar-refractivity contribution in [1.82, 2.24) is 0 Å². The molecule has 250 valence electrons. The van der Waals surface area contributed by atoms with E-state index in [9.17, 15) is 110 Å². The monoisotopic (exact) mass is 705 g/mol. The first kappa shape index (κ1) is 40.1. The molecule has 0 aliphatic rings. The quantitative estimate of drug-likeness (QED) is 0.109. The predicted octanol–water partition coefficient (Wildman–Crippen LogP) is 9.14. The molecule has 0 aromatic carbocycles. The predicted molar refractivity (Wildman–Crippen MR) is 83.2 cm³/mol. The lowest BCUT2D eigenvalue weighted by Crippen LogP contribution is -2.78. The highest BCUT2D eigenvalue weighted by Gasteiger charge is 2.99. The molecule has 27 heteroatoms. The molecular weight excluding hydrogens is 701 g/mol. The molecular formula is C15H4F25NS. The minimum Gasteiger partial charge on any atom is -0.200 e. The summed E-state index contributed by atoms with van der Waals surface area (Å²) in [6.07, 6.45) is -11.1. The van der Waals surface area contributed by atoms with Crippen LogP contribution in [0.15, 0.2) is 0 Å². The fourth-order valence-corrected chi connectivity index (χ4v) is 2.82. The second-order valence-electron chi connectivity index (χ2n) is 7.64. The first-order valence-electron chi connectivity index (χ1n) is 9.04. The number of thioether (sulfide) groups is 1. The summed E-state index contributed by atoms with van der Waals surface area (Å²) in [6, 6.07) is 0. The van der Waals surface area contributed by atoms with Crippen molar-refractivity contribution in [1.29, 1.82) is 5.26 Å². The van der Waals surface area contributed by atoms with E-state index in [1.807, 2.05) is 0 Å². The van der Waals surface area contributed by atoms with Gasteiger partial charge in [0.15, 0.2) is 0 Å². The molecule has 0 atom stereocenters. The Balaban J connectivity index is 7.23. The van der Waals surface area contributed by atoms with Crippen LogP contribution in [0.1, 0.15) is 6.42 Å². The van der Waals surface area contributed by atoms with Gasteiger partial charge in [-0.25, -0.2) is 0 Å². The van der Waals surface area contributed by atoms with Gasteiger partial charge >= 0.3 is 71.3 Å². The smallest absolute Gasteiger partial charge is 0.200 e. The lowest BCUT2D eigenvalue weighted by atomic mass is 9.84. The summed E-state index contributed by atoms with van der Waals surface area (Å²) in [5.41, 5.74) is 0. The molecule has 42 heavy (non-hydrogen) atoms. The number of rotatable bonds is 13. The van der Waals surface area contributed by atoms with Gasteiger partial charge in [0.1, 0.15) is 5.40 Å². The van der Waals surface area contributed by atoms with Crippen molar-refractivity contribution in [2.75, 3.05) is 5.75 Å². The molecule has 0 saturated carbocycles. The average molecular weight is 705 g/mol. The van der Waals surface area contributed by atoms with E-state index < -0.39 is 95.3 Å². The maximum Gasteiger partial charge on any atom is 0.460 e. The normalized spacial score (nSPS) is 16.5. The average Bonchev–Trinajstić information content (AvgIpc) is 2.76. The second-order valence-corrected chi connectivity index (χ2v) is 8.52. The molecule has 0 spiro atoms. The van der Waals surface area contributed by atoms with E-state index in [0.717, 1.165) is 5.40 Å². The van der Waals surface area contributed by atoms with Gasteiger partial charge < -0.3 is 0 Å². The second kappa shape index (κ2) is 10.3. The first-order chi connectivity index (χ1) is 17.8. The van der Waals surface area contributed by atoms with Crippen LogP contribution in [0.25, 0.3) is 0 Å². The van der Waals surface area contributed by atoms with E-state index >= 15 is 0 Å². The van der Waals surface area contributed by atoms with Crippen molar-refractivity contribution >= 4 is 11.8 Å². The van der Waals surface area contributed by atoms with E-state index in [1.54, 1.807) is 0 Å². The lowest BCUT2D eigenvalue weighted by Gasteiger charge is -2.45. The van der Waals surface area contributed by atoms with Crippen molar-refractivity contribution in [3.63, 3.8) is 0 Å². The highest BCUT2D eigenvalue weighted by Crippen LogP contribution is 2.67. The van der Waals surface area contributed by atoms with E-state index in [4.69, 9.17) is 5.26 Å². The highest BCUT2D eigenvalue weighted by atomic mass is 32.2. The Morgan fingerprint density at radius 1 is 0.357 bits per heavy atom. The third-order valence-electron chi connectivity index (χ3n) is 4.95. The Morgan fingerprint density at radius 2 is 0.571 bits per heavy atom. The molecule has 0 heterocycles. The maximum atomic E-state index is 13.7. The molecule has 0 saturated heterocycles. The fourth-order valence-electron chi connectivity index (χ4n) is 2.37. The molecule has 0 aliphatic heterocycles. The third-order valence-corrected chi connectivity index (χ3v) is 5.48. The largest absolute Gasteiger partial charge is 0.460 e. The standard InChI is InChI=1S/C15H4F25NS/c16-4(17,1-2-42-3-41)5(18,19)6(20,21)7(22,23)8(24,25)9(26,27)10(28,29)11(30,31)12(32,33)13(34,35)14(36,37)15(38,39)40/h1-2H2. The number of halogens is 25. The Labute approximate surface area is 217 Å². The SMILES string of the molecule is N#CSCCC(F)(F)C(F)(F)C(F)(F)C(F)(F)C(F)(F)C(F)(F)C(F)(F)C(F)(F)C(F)(F)C(F)(F)C(F)(F)C(F)(F)F. The van der Waals surface area contributed by atoms with Gasteiger partial charge in [0.25, 0.3) is 0 Å². The first-order valence-corrected chi connectivity index (χ1v) is 10.0. The summed E-state index contributed by atoms with van der Waals surface area (Å²) < 4.78 is 331. The van der Waals surface area contributed by atoms with Crippen LogP contribution in [0, 0.1) is 10.7 Å². The molecule has 1 nitrogen and oxygen atoms in total. The summed E-state index contributed by atoms with van der Waals surface area (Å²) in [6.45, 7) is 0. The van der Waals surface area contributed by atoms with Crippen LogP contribution in [0.3, 0.4) is 0 Å². The maximum absolute atomic E-state index is 13.7. The van der Waals surface area contributed by atoms with E-state index in [0.29, 0.717) is 0 Å². The zero-order valence-corrected chi connectivity index (χ0v) is 19.0. The zero-order chi connectivity index (χ0) is 34.8. The Kier molecular flexibility index (Phi) is 9.86. The van der Waals surface area contributed by atoms with Crippen LogP contribution < -0.4 is 0 Å². The Bertz CT molecular complexity index is 1020. The van der Waals surface area contributed by atoms with E-state index in [-0.39, 0.29) is 0 Å². The summed E-state index contributed by atoms with van der Waals surface area (Å²) in [5, 5.41) is 8.77. The fraction of sp³-hybridized carbons (Fsp3) is 0.933. The topological polar surface area (TPSA) is 23.8 Å². The molecule has 0 unspecified atom stereocenters. The third kappa shape index (κ3) is 4.93. The lowest BCUT2D eigenvalue weighted by molar-refractivity contribution is -0.482. The molecule has 0 amide bonds. The summed E-state index contributed by atoms with van der Waals surface area (Å²) in [4.78, 5) is 0. The van der Waals surface area contributed by atoms with Crippen molar-refractivity contribution in [3.05, 3.63) is 0 Å². The van der Waals surface area contributed by atoms with Crippen LogP contribution in [0.5, 0.6) is 0 Å². The zero-order valence-electron chi connectivity index (χ0n) is 18.2. The number of hydrogen-bond acceptors (Lipinski definition) is 2. The molecule has 0 bridgehead atoms. The summed E-state index contributed by atoms with van der Waals surface area (Å²) in [5.74, 6) is -100. The molecule has 0 radical (unpaired) electrons. The Hall–Kier alpha value is -1.91. The van der Waals surface area contributed by atoms with Gasteiger partial charge in [0, 0.05) is 12.2 Å². The number of thiocyanates is 1. The van der Waals surface area contributed by atoms with Gasteiger partial charge in [-0.15, -0.1) is 0 Å². The van der Waals surface area contributed by atoms with Crippen LogP contribution in [0.2, 0.25) is 0 Å². The minimum absolute atomic E-state index is 0.554. The number of hydrogen-bond donors (Lipinski definition) is 0. The molecule has 0 rings (SSSR count). The van der Waals surface area contributed by atoms with E-state index in [2.05, 4.69) is 0 Å². The van der Waals surface area contributed by atoms with Crippen LogP contribution in [-0.2, 0) is 0 Å². The van der Waals surface area contributed by atoms with Gasteiger partial charge in [-0.05, 0) is 11.8 Å². The van der Waals surface area contributed by atoms with Crippen molar-refractivity contribution in [2.24, 2.45) is 0 Å². The summed E-state index contributed by atoms with van der Waals surface area (Å²) >= 11 is -0.554. The van der Waals surface area contributed by atoms with E-state index in [1.165, 1.54) is 0 Å². The van der Waals surface area contributed by atoms with Crippen LogP contribution in [0.4, 0.5) is 110 Å². The van der Waals surface area contributed by atoms with Crippen LogP contribution >= 0.6 is 11.8 Å². The van der Waals surface area contributed by atoms with Gasteiger partial charge in [-0.3, -0.25) is 0 Å². The minimum atomic E-state index is -9.60. The number of nitriles is 1. The summed E-state index contributed by atoms with van der Waals surface area (Å²) in [7, 11) is 0. The van der Waals surface area contributed by atoms with Gasteiger partial charge in [-0.2, -0.15) is 115 Å². The number of nitrogens with zero attached hydrogens (tertiary/aromatic N) is 1. The molecule has 0 fully saturated rings. The van der Waals surface area contributed by atoms with Gasteiger partial charge in [-0.1, -0.05) is 0 Å². The molecule has 0 aromatic rings. The Morgan fingerprint density at radius 3 is 0.786 bits per heavy atom. The van der Waals surface area contributed by atoms with Gasteiger partial charge in [0.05, 0.1) is 0 Å². The van der Waals surface area contributed by atoms with Crippen molar-refractivity contribution < 1.29 is 110 Å². The molecule has 0 aliphatic carbocycles. The number of alkyl halides is 25. The molecule has 0 N–H and O–H groups in total. The van der Waals surface area contributed by atoms with Crippen LogP contribution in [-0.4, -0.2) is 77.1 Å².